The van der Waals surface area contributed by atoms with E-state index in [-0.39, 0.29) is 38.4 Å². The minimum atomic E-state index is -1.07. The average Bonchev–Trinajstić information content (AvgIpc) is 2.36. The number of hydrogen-bond donors (Lipinski definition) is 2. The number of urea groups is 1. The molecule has 2 N–H and O–H groups in total. The second-order valence-corrected chi connectivity index (χ2v) is 4.50. The van der Waals surface area contributed by atoms with Gasteiger partial charge in [0.15, 0.2) is 0 Å². The zero-order chi connectivity index (χ0) is 14.4. The van der Waals surface area contributed by atoms with Gasteiger partial charge in [0, 0.05) is 13.1 Å². The van der Waals surface area contributed by atoms with Crippen molar-refractivity contribution in [2.45, 2.75) is 19.1 Å². The van der Waals surface area contributed by atoms with Gasteiger partial charge >= 0.3 is 12.0 Å². The molecular formula is C12H20N2O5. The number of ether oxygens (including phenoxy) is 1. The first-order valence-corrected chi connectivity index (χ1v) is 6.10. The number of carbonyl (C=O) groups is 2. The highest BCUT2D eigenvalue weighted by atomic mass is 16.5. The van der Waals surface area contributed by atoms with Gasteiger partial charge in [-0.25, -0.2) is 4.79 Å². The van der Waals surface area contributed by atoms with Crippen LogP contribution in [0.25, 0.3) is 0 Å². The third-order valence-electron chi connectivity index (χ3n) is 2.75. The fourth-order valence-electron chi connectivity index (χ4n) is 2.03. The average molecular weight is 272 g/mol. The number of carboxylic acids is 1. The van der Waals surface area contributed by atoms with Gasteiger partial charge in [0.25, 0.3) is 0 Å². The van der Waals surface area contributed by atoms with Crippen molar-refractivity contribution in [1.82, 2.24) is 9.80 Å². The molecule has 2 amide bonds. The molecule has 1 aliphatic rings. The fraction of sp³-hybridized carbons (Fsp3) is 0.667. The van der Waals surface area contributed by atoms with Gasteiger partial charge in [-0.3, -0.25) is 4.79 Å². The molecule has 1 fully saturated rings. The zero-order valence-electron chi connectivity index (χ0n) is 11.0. The number of amides is 2. The molecule has 0 aromatic heterocycles. The van der Waals surface area contributed by atoms with E-state index < -0.39 is 12.1 Å². The molecule has 2 atom stereocenters. The van der Waals surface area contributed by atoms with E-state index >= 15 is 0 Å². The minimum absolute atomic E-state index is 0.167. The molecule has 7 heteroatoms. The lowest BCUT2D eigenvalue weighted by Crippen LogP contribution is -2.55. The summed E-state index contributed by atoms with van der Waals surface area (Å²) in [4.78, 5) is 25.7. The fourth-order valence-corrected chi connectivity index (χ4v) is 2.03. The first kappa shape index (κ1) is 15.5. The van der Waals surface area contributed by atoms with Crippen LogP contribution in [0.4, 0.5) is 4.79 Å². The SMILES string of the molecule is C=CCN(CC(=O)O)C(=O)N1CC(C)OC(CO)C1. The Morgan fingerprint density at radius 2 is 2.21 bits per heavy atom. The van der Waals surface area contributed by atoms with Crippen LogP contribution in [0.5, 0.6) is 0 Å². The number of carbonyl (C=O) groups excluding carboxylic acids is 1. The van der Waals surface area contributed by atoms with Crippen molar-refractivity contribution in [2.75, 3.05) is 32.8 Å². The van der Waals surface area contributed by atoms with Crippen LogP contribution in [-0.2, 0) is 9.53 Å². The molecule has 1 heterocycles. The Bertz CT molecular complexity index is 347. The van der Waals surface area contributed by atoms with E-state index in [1.54, 1.807) is 6.92 Å². The highest BCUT2D eigenvalue weighted by Gasteiger charge is 2.30. The predicted molar refractivity (Wildman–Crippen MR) is 67.8 cm³/mol. The predicted octanol–water partition coefficient (Wildman–Crippen LogP) is -0.239. The van der Waals surface area contributed by atoms with Crippen molar-refractivity contribution in [3.63, 3.8) is 0 Å². The third kappa shape index (κ3) is 4.53. The van der Waals surface area contributed by atoms with Crippen LogP contribution < -0.4 is 0 Å². The summed E-state index contributed by atoms with van der Waals surface area (Å²) in [6.45, 7) is 5.57. The molecule has 0 bridgehead atoms. The highest BCUT2D eigenvalue weighted by Crippen LogP contribution is 2.13. The molecule has 0 saturated carbocycles. The van der Waals surface area contributed by atoms with Gasteiger partial charge in [-0.2, -0.15) is 0 Å². The Labute approximate surface area is 112 Å². The summed E-state index contributed by atoms with van der Waals surface area (Å²) < 4.78 is 5.44. The molecular weight excluding hydrogens is 252 g/mol. The maximum Gasteiger partial charge on any atom is 0.323 e. The lowest BCUT2D eigenvalue weighted by molar-refractivity contribution is -0.137. The molecule has 1 aliphatic heterocycles. The Kier molecular flexibility index (Phi) is 5.78. The van der Waals surface area contributed by atoms with Crippen LogP contribution in [0.1, 0.15) is 6.92 Å². The highest BCUT2D eigenvalue weighted by molar-refractivity contribution is 5.80. The van der Waals surface area contributed by atoms with Crippen LogP contribution in [0.15, 0.2) is 12.7 Å². The molecule has 2 unspecified atom stereocenters. The number of morpholine rings is 1. The van der Waals surface area contributed by atoms with Gasteiger partial charge in [0.1, 0.15) is 6.54 Å². The molecule has 0 aliphatic carbocycles. The second-order valence-electron chi connectivity index (χ2n) is 4.50. The topological polar surface area (TPSA) is 90.3 Å². The van der Waals surface area contributed by atoms with Gasteiger partial charge in [0.05, 0.1) is 25.4 Å². The van der Waals surface area contributed by atoms with Gasteiger partial charge in [-0.15, -0.1) is 6.58 Å². The summed E-state index contributed by atoms with van der Waals surface area (Å²) in [5, 5.41) is 17.9. The normalized spacial score (nSPS) is 22.9. The Balaban J connectivity index is 2.71. The maximum absolute atomic E-state index is 12.2. The number of nitrogens with zero attached hydrogens (tertiary/aromatic N) is 2. The van der Waals surface area contributed by atoms with E-state index in [1.807, 2.05) is 0 Å². The Morgan fingerprint density at radius 3 is 2.74 bits per heavy atom. The molecule has 0 spiro atoms. The van der Waals surface area contributed by atoms with E-state index in [9.17, 15) is 9.59 Å². The van der Waals surface area contributed by atoms with Gasteiger partial charge < -0.3 is 24.7 Å². The first-order chi connectivity index (χ1) is 8.97. The number of carboxylic acid groups (broad SMARTS) is 1. The number of aliphatic hydroxyl groups is 1. The molecule has 108 valence electrons. The van der Waals surface area contributed by atoms with Gasteiger partial charge in [-0.1, -0.05) is 6.08 Å². The van der Waals surface area contributed by atoms with Crippen LogP contribution in [0, 0.1) is 0 Å². The van der Waals surface area contributed by atoms with E-state index in [0.717, 1.165) is 0 Å². The lowest BCUT2D eigenvalue weighted by atomic mass is 10.2. The van der Waals surface area contributed by atoms with Gasteiger partial charge in [0.2, 0.25) is 0 Å². The summed E-state index contributed by atoms with van der Waals surface area (Å²) in [6, 6.07) is -0.379. The van der Waals surface area contributed by atoms with Crippen LogP contribution in [-0.4, -0.2) is 77.0 Å². The number of rotatable bonds is 5. The molecule has 0 radical (unpaired) electrons. The van der Waals surface area contributed by atoms with E-state index in [2.05, 4.69) is 6.58 Å². The summed E-state index contributed by atoms with van der Waals surface area (Å²) in [7, 11) is 0. The first-order valence-electron chi connectivity index (χ1n) is 6.10. The standard InChI is InChI=1S/C12H20N2O5/c1-3-4-13(7-11(16)17)12(18)14-5-9(2)19-10(6-14)8-15/h3,9-10,15H,1,4-8H2,2H3,(H,16,17). The summed E-state index contributed by atoms with van der Waals surface area (Å²) in [5.41, 5.74) is 0. The maximum atomic E-state index is 12.2. The van der Waals surface area contributed by atoms with Crippen LogP contribution in [0.2, 0.25) is 0 Å². The summed E-state index contributed by atoms with van der Waals surface area (Å²) in [6.07, 6.45) is 0.863. The molecule has 0 aromatic rings. The monoisotopic (exact) mass is 272 g/mol. The molecule has 7 nitrogen and oxygen atoms in total. The van der Waals surface area contributed by atoms with Crippen molar-refractivity contribution in [2.24, 2.45) is 0 Å². The summed E-state index contributed by atoms with van der Waals surface area (Å²) >= 11 is 0. The smallest absolute Gasteiger partial charge is 0.323 e. The van der Waals surface area contributed by atoms with E-state index in [0.29, 0.717) is 6.54 Å². The quantitative estimate of drug-likeness (QED) is 0.674. The number of aliphatic hydroxyl groups excluding tert-OH is 1. The molecule has 0 aromatic carbocycles. The van der Waals surface area contributed by atoms with Crippen molar-refractivity contribution < 1.29 is 24.5 Å². The van der Waals surface area contributed by atoms with Crippen LogP contribution in [0.3, 0.4) is 0 Å². The molecule has 19 heavy (non-hydrogen) atoms. The second kappa shape index (κ2) is 7.10. The number of aliphatic carboxylic acids is 1. The lowest BCUT2D eigenvalue weighted by Gasteiger charge is -2.38. The van der Waals surface area contributed by atoms with E-state index in [4.69, 9.17) is 14.9 Å². The summed E-state index contributed by atoms with van der Waals surface area (Å²) in [5.74, 6) is -1.07. The van der Waals surface area contributed by atoms with Gasteiger partial charge in [-0.05, 0) is 6.92 Å². The molecule has 1 saturated heterocycles. The largest absolute Gasteiger partial charge is 0.480 e. The van der Waals surface area contributed by atoms with Crippen molar-refractivity contribution in [3.8, 4) is 0 Å². The van der Waals surface area contributed by atoms with Crippen molar-refractivity contribution in [3.05, 3.63) is 12.7 Å². The van der Waals surface area contributed by atoms with E-state index in [1.165, 1.54) is 15.9 Å². The van der Waals surface area contributed by atoms with Crippen molar-refractivity contribution in [1.29, 1.82) is 0 Å². The third-order valence-corrected chi connectivity index (χ3v) is 2.75. The van der Waals surface area contributed by atoms with Crippen LogP contribution >= 0.6 is 0 Å². The Hall–Kier alpha value is -1.60. The number of hydrogen-bond acceptors (Lipinski definition) is 4. The Morgan fingerprint density at radius 1 is 1.53 bits per heavy atom. The van der Waals surface area contributed by atoms with Crippen molar-refractivity contribution >= 4 is 12.0 Å². The molecule has 1 rings (SSSR count). The zero-order valence-corrected chi connectivity index (χ0v) is 11.0. The minimum Gasteiger partial charge on any atom is -0.480 e.